The van der Waals surface area contributed by atoms with Gasteiger partial charge in [0.2, 0.25) is 0 Å². The van der Waals surface area contributed by atoms with Gasteiger partial charge in [-0.1, -0.05) is 73.7 Å². The van der Waals surface area contributed by atoms with Crippen LogP contribution in [0, 0.1) is 0 Å². The maximum Gasteiger partial charge on any atom is 0.344 e. The summed E-state index contributed by atoms with van der Waals surface area (Å²) in [7, 11) is 1.56. The normalized spacial score (nSPS) is 12.0. The van der Waals surface area contributed by atoms with Gasteiger partial charge in [-0.2, -0.15) is 0 Å². The molecule has 0 saturated carbocycles. The smallest absolute Gasteiger partial charge is 0.344 e. The Hall–Kier alpha value is -4.42. The maximum absolute atomic E-state index is 12.8. The van der Waals surface area contributed by atoms with E-state index in [4.69, 9.17) is 13.9 Å². The van der Waals surface area contributed by atoms with E-state index in [0.29, 0.717) is 40.0 Å². The Kier molecular flexibility index (Phi) is 7.24. The minimum atomic E-state index is -0.430. The maximum atomic E-state index is 12.8. The second-order valence-electron chi connectivity index (χ2n) is 9.29. The van der Waals surface area contributed by atoms with Crippen LogP contribution in [0.25, 0.3) is 21.7 Å². The molecule has 0 radical (unpaired) electrons. The summed E-state index contributed by atoms with van der Waals surface area (Å²) in [5.41, 5.74) is 3.06. The van der Waals surface area contributed by atoms with Crippen LogP contribution in [0.1, 0.15) is 46.3 Å². The van der Waals surface area contributed by atoms with Crippen molar-refractivity contribution in [1.29, 1.82) is 0 Å². The fraction of sp³-hybridized carbons (Fsp3) is 0.188. The molecule has 1 aromatic heterocycles. The van der Waals surface area contributed by atoms with Gasteiger partial charge < -0.3 is 19.0 Å². The molecule has 0 spiro atoms. The number of hydrogen-bond donors (Lipinski definition) is 1. The highest BCUT2D eigenvalue weighted by Crippen LogP contribution is 2.36. The van der Waals surface area contributed by atoms with Crippen molar-refractivity contribution in [3.8, 4) is 11.5 Å². The molecule has 0 aliphatic carbocycles. The van der Waals surface area contributed by atoms with E-state index in [1.165, 1.54) is 0 Å². The van der Waals surface area contributed by atoms with Gasteiger partial charge in [0.05, 0.1) is 12.5 Å². The highest BCUT2D eigenvalue weighted by atomic mass is 16.5. The van der Waals surface area contributed by atoms with Gasteiger partial charge in [-0.25, -0.2) is 4.79 Å². The van der Waals surface area contributed by atoms with Crippen LogP contribution >= 0.6 is 0 Å². The lowest BCUT2D eigenvalue weighted by molar-refractivity contribution is 0.103. The Labute approximate surface area is 220 Å². The van der Waals surface area contributed by atoms with E-state index in [-0.39, 0.29) is 24.9 Å². The molecule has 5 aromatic rings. The Bertz CT molecular complexity index is 1650. The molecule has 5 rings (SSSR count). The number of methoxy groups -OCH3 is 1. The molecule has 38 heavy (non-hydrogen) atoms. The van der Waals surface area contributed by atoms with E-state index in [2.05, 4.69) is 0 Å². The summed E-state index contributed by atoms with van der Waals surface area (Å²) < 4.78 is 17.3. The van der Waals surface area contributed by atoms with Gasteiger partial charge in [0.15, 0.2) is 17.3 Å². The molecule has 1 atom stereocenters. The van der Waals surface area contributed by atoms with Gasteiger partial charge in [-0.05, 0) is 35.6 Å². The van der Waals surface area contributed by atoms with E-state index < -0.39 is 5.63 Å². The molecule has 1 N–H and O–H groups in total. The first-order valence-electron chi connectivity index (χ1n) is 12.5. The zero-order valence-corrected chi connectivity index (χ0v) is 21.3. The Morgan fingerprint density at radius 3 is 2.32 bits per heavy atom. The number of hydrogen-bond acceptors (Lipinski definition) is 6. The van der Waals surface area contributed by atoms with E-state index >= 15 is 0 Å². The minimum Gasteiger partial charge on any atom is -0.493 e. The monoisotopic (exact) mass is 508 g/mol. The molecular weight excluding hydrogens is 480 g/mol. The number of ketones is 1. The largest absolute Gasteiger partial charge is 0.493 e. The summed E-state index contributed by atoms with van der Waals surface area (Å²) in [6, 6.07) is 25.6. The number of ether oxygens (including phenoxy) is 2. The van der Waals surface area contributed by atoms with Crippen molar-refractivity contribution in [3.63, 3.8) is 0 Å². The van der Waals surface area contributed by atoms with E-state index in [1.54, 1.807) is 37.4 Å². The number of rotatable bonds is 9. The van der Waals surface area contributed by atoms with Crippen molar-refractivity contribution >= 4 is 27.5 Å². The van der Waals surface area contributed by atoms with Crippen molar-refractivity contribution in [3.05, 3.63) is 118 Å². The SMILES string of the molecule is COc1cc2c(cc1OCc1ccc(C(=O)c3ccccc3)cc1)oc(=O)c1cc(C(C)CCO)ccc12. The van der Waals surface area contributed by atoms with Crippen LogP contribution in [0.3, 0.4) is 0 Å². The molecule has 6 heteroatoms. The first-order chi connectivity index (χ1) is 18.5. The van der Waals surface area contributed by atoms with Crippen molar-refractivity contribution < 1.29 is 23.8 Å². The van der Waals surface area contributed by atoms with Gasteiger partial charge in [-0.15, -0.1) is 0 Å². The number of aliphatic hydroxyl groups is 1. The molecule has 4 aromatic carbocycles. The third kappa shape index (κ3) is 5.04. The van der Waals surface area contributed by atoms with Crippen molar-refractivity contribution in [2.75, 3.05) is 13.7 Å². The predicted octanol–water partition coefficient (Wildman–Crippen LogP) is 6.25. The van der Waals surface area contributed by atoms with Crippen LogP contribution in [0.2, 0.25) is 0 Å². The molecule has 1 unspecified atom stereocenters. The average molecular weight is 509 g/mol. The fourth-order valence-electron chi connectivity index (χ4n) is 4.57. The van der Waals surface area contributed by atoms with Crippen LogP contribution in [0.5, 0.6) is 11.5 Å². The molecule has 0 fully saturated rings. The van der Waals surface area contributed by atoms with Gasteiger partial charge in [0.1, 0.15) is 12.2 Å². The molecule has 0 saturated heterocycles. The molecule has 0 amide bonds. The van der Waals surface area contributed by atoms with E-state index in [0.717, 1.165) is 21.9 Å². The number of benzene rings is 4. The summed E-state index contributed by atoms with van der Waals surface area (Å²) in [5, 5.41) is 11.3. The minimum absolute atomic E-state index is 0.0357. The average Bonchev–Trinajstić information content (AvgIpc) is 2.96. The van der Waals surface area contributed by atoms with Crippen LogP contribution in [0.15, 0.2) is 94.1 Å². The second kappa shape index (κ2) is 10.9. The lowest BCUT2D eigenvalue weighted by atomic mass is 9.95. The topological polar surface area (TPSA) is 86.0 Å². The summed E-state index contributed by atoms with van der Waals surface area (Å²) >= 11 is 0. The van der Waals surface area contributed by atoms with Crippen LogP contribution in [-0.4, -0.2) is 24.6 Å². The Balaban J connectivity index is 1.41. The van der Waals surface area contributed by atoms with Gasteiger partial charge in [0, 0.05) is 34.6 Å². The molecule has 0 aliphatic rings. The van der Waals surface area contributed by atoms with Crippen LogP contribution < -0.4 is 15.1 Å². The summed E-state index contributed by atoms with van der Waals surface area (Å²) in [4.78, 5) is 25.5. The first kappa shape index (κ1) is 25.2. The number of carbonyl (C=O) groups excluding carboxylic acids is 1. The molecule has 192 valence electrons. The van der Waals surface area contributed by atoms with Gasteiger partial charge in [-0.3, -0.25) is 4.79 Å². The standard InChI is InChI=1S/C32H28O6/c1-20(14-15-33)24-12-13-25-26-17-29(36-2)30(18-28(26)38-32(35)27(25)16-24)37-19-21-8-10-23(11-9-21)31(34)22-6-4-3-5-7-22/h3-13,16-18,20,33H,14-15,19H2,1-2H3. The fourth-order valence-corrected chi connectivity index (χ4v) is 4.57. The molecule has 0 bridgehead atoms. The van der Waals surface area contributed by atoms with Gasteiger partial charge >= 0.3 is 5.63 Å². The quantitative estimate of drug-likeness (QED) is 0.144. The first-order valence-corrected chi connectivity index (χ1v) is 12.5. The summed E-state index contributed by atoms with van der Waals surface area (Å²) in [6.45, 7) is 2.34. The zero-order chi connectivity index (χ0) is 26.6. The Morgan fingerprint density at radius 2 is 1.61 bits per heavy atom. The zero-order valence-electron chi connectivity index (χ0n) is 21.3. The van der Waals surface area contributed by atoms with Crippen molar-refractivity contribution in [2.24, 2.45) is 0 Å². The third-order valence-electron chi connectivity index (χ3n) is 6.80. The highest BCUT2D eigenvalue weighted by molar-refractivity contribution is 6.09. The van der Waals surface area contributed by atoms with Crippen molar-refractivity contribution in [2.45, 2.75) is 25.9 Å². The predicted molar refractivity (Wildman–Crippen MR) is 147 cm³/mol. The number of fused-ring (bicyclic) bond motifs is 3. The lowest BCUT2D eigenvalue weighted by Crippen LogP contribution is -2.04. The molecule has 0 aliphatic heterocycles. The highest BCUT2D eigenvalue weighted by Gasteiger charge is 2.16. The second-order valence-corrected chi connectivity index (χ2v) is 9.29. The molecule has 6 nitrogen and oxygen atoms in total. The third-order valence-corrected chi connectivity index (χ3v) is 6.80. The van der Waals surface area contributed by atoms with Crippen molar-refractivity contribution in [1.82, 2.24) is 0 Å². The van der Waals surface area contributed by atoms with Crippen LogP contribution in [0.4, 0.5) is 0 Å². The molecular formula is C32H28O6. The van der Waals surface area contributed by atoms with Gasteiger partial charge in [0.25, 0.3) is 0 Å². The molecule has 1 heterocycles. The van der Waals surface area contributed by atoms with E-state index in [1.807, 2.05) is 61.5 Å². The summed E-state index contributed by atoms with van der Waals surface area (Å²) in [5.74, 6) is 1.04. The number of carbonyl (C=O) groups is 1. The summed E-state index contributed by atoms with van der Waals surface area (Å²) in [6.07, 6.45) is 0.616. The van der Waals surface area contributed by atoms with Crippen LogP contribution in [-0.2, 0) is 6.61 Å². The number of aliphatic hydroxyl groups excluding tert-OH is 1. The Morgan fingerprint density at radius 1 is 0.868 bits per heavy atom. The van der Waals surface area contributed by atoms with E-state index in [9.17, 15) is 14.7 Å². The lowest BCUT2D eigenvalue weighted by Gasteiger charge is -2.14.